The Labute approximate surface area is 193 Å². The van der Waals surface area contributed by atoms with Crippen LogP contribution in [0.3, 0.4) is 0 Å². The van der Waals surface area contributed by atoms with Crippen molar-refractivity contribution in [3.63, 3.8) is 0 Å². The van der Waals surface area contributed by atoms with Crippen LogP contribution in [0.5, 0.6) is 17.2 Å². The van der Waals surface area contributed by atoms with Crippen molar-refractivity contribution < 1.29 is 23.0 Å². The van der Waals surface area contributed by atoms with Gasteiger partial charge in [0.2, 0.25) is 0 Å². The molecule has 0 bridgehead atoms. The van der Waals surface area contributed by atoms with Gasteiger partial charge in [0.15, 0.2) is 5.96 Å². The second kappa shape index (κ2) is 13.1. The Morgan fingerprint density at radius 2 is 1.50 bits per heavy atom. The Balaban J connectivity index is 0.00000450. The molecule has 9 heteroatoms. The molecule has 30 heavy (non-hydrogen) atoms. The van der Waals surface area contributed by atoms with Crippen molar-refractivity contribution in [3.05, 3.63) is 53.1 Å². The van der Waals surface area contributed by atoms with E-state index in [0.717, 1.165) is 17.7 Å². The first-order valence-corrected chi connectivity index (χ1v) is 9.19. The lowest BCUT2D eigenvalue weighted by Crippen LogP contribution is -2.39. The summed E-state index contributed by atoms with van der Waals surface area (Å²) in [5.41, 5.74) is 1.22. The van der Waals surface area contributed by atoms with E-state index in [4.69, 9.17) is 14.2 Å². The molecule has 0 saturated carbocycles. The van der Waals surface area contributed by atoms with Crippen LogP contribution in [0.25, 0.3) is 0 Å². The van der Waals surface area contributed by atoms with Gasteiger partial charge in [0.1, 0.15) is 28.9 Å². The largest absolute Gasteiger partial charge is 0.496 e. The fraction of sp³-hybridized carbons (Fsp3) is 0.381. The number of hydrogen-bond acceptors (Lipinski definition) is 4. The van der Waals surface area contributed by atoms with Gasteiger partial charge in [-0.1, -0.05) is 0 Å². The molecule has 0 heterocycles. The summed E-state index contributed by atoms with van der Waals surface area (Å²) in [5.74, 6) is 1.69. The fourth-order valence-electron chi connectivity index (χ4n) is 2.90. The number of rotatable bonds is 9. The van der Waals surface area contributed by atoms with Gasteiger partial charge < -0.3 is 24.8 Å². The Morgan fingerprint density at radius 1 is 0.900 bits per heavy atom. The second-order valence-electron chi connectivity index (χ2n) is 6.17. The van der Waals surface area contributed by atoms with Gasteiger partial charge >= 0.3 is 0 Å². The summed E-state index contributed by atoms with van der Waals surface area (Å²) >= 11 is 0. The highest BCUT2D eigenvalue weighted by Gasteiger charge is 2.13. The average molecular weight is 535 g/mol. The second-order valence-corrected chi connectivity index (χ2v) is 6.17. The number of nitrogens with one attached hydrogen (secondary N) is 2. The molecule has 0 aliphatic heterocycles. The quantitative estimate of drug-likeness (QED) is 0.292. The first-order chi connectivity index (χ1) is 14.0. The zero-order valence-electron chi connectivity index (χ0n) is 17.6. The zero-order valence-corrected chi connectivity index (χ0v) is 19.9. The van der Waals surface area contributed by atoms with E-state index in [1.54, 1.807) is 40.5 Å². The smallest absolute Gasteiger partial charge is 0.190 e. The Hall–Kier alpha value is -2.30. The van der Waals surface area contributed by atoms with Gasteiger partial charge in [-0.15, -0.1) is 24.0 Å². The van der Waals surface area contributed by atoms with Gasteiger partial charge in [-0.25, -0.2) is 8.78 Å². The summed E-state index contributed by atoms with van der Waals surface area (Å²) in [7, 11) is 6.42. The van der Waals surface area contributed by atoms with Crippen molar-refractivity contribution in [2.24, 2.45) is 4.99 Å². The molecule has 0 spiro atoms. The highest BCUT2D eigenvalue weighted by atomic mass is 127. The maximum atomic E-state index is 13.7. The minimum atomic E-state index is -0.453. The van der Waals surface area contributed by atoms with Gasteiger partial charge in [0.05, 0.1) is 21.3 Å². The van der Waals surface area contributed by atoms with E-state index in [2.05, 4.69) is 15.6 Å². The van der Waals surface area contributed by atoms with Crippen LogP contribution < -0.4 is 24.8 Å². The van der Waals surface area contributed by atoms with Crippen LogP contribution in [0.15, 0.2) is 35.3 Å². The van der Waals surface area contributed by atoms with Crippen molar-refractivity contribution >= 4 is 29.9 Å². The van der Waals surface area contributed by atoms with Gasteiger partial charge in [0.25, 0.3) is 0 Å². The molecule has 0 saturated heterocycles. The molecule has 2 aromatic carbocycles. The minimum absolute atomic E-state index is 0. The van der Waals surface area contributed by atoms with Crippen molar-refractivity contribution in [2.75, 3.05) is 41.5 Å². The molecule has 0 unspecified atom stereocenters. The lowest BCUT2D eigenvalue weighted by molar-refractivity contribution is 0.368. The number of halogens is 3. The summed E-state index contributed by atoms with van der Waals surface area (Å²) < 4.78 is 43.1. The third-order valence-electron chi connectivity index (χ3n) is 4.40. The normalized spacial score (nSPS) is 10.8. The SMILES string of the molecule is CN=C(NCCc1cc(F)ccc1F)NCCc1c(OC)cc(OC)cc1OC.I. The molecule has 6 nitrogen and oxygen atoms in total. The van der Waals surface area contributed by atoms with Crippen LogP contribution in [-0.4, -0.2) is 47.4 Å². The molecule has 0 aliphatic carbocycles. The molecular formula is C21H28F2IN3O3. The van der Waals surface area contributed by atoms with Crippen LogP contribution in [0.2, 0.25) is 0 Å². The standard InChI is InChI=1S/C21H27F2N3O3.HI/c1-24-21(25-9-7-14-11-15(22)5-6-18(14)23)26-10-8-17-19(28-3)12-16(27-2)13-20(17)29-4;/h5-6,11-13H,7-10H2,1-4H3,(H2,24,25,26);1H. The zero-order chi connectivity index (χ0) is 21.2. The van der Waals surface area contributed by atoms with Gasteiger partial charge in [0, 0.05) is 37.8 Å². The third-order valence-corrected chi connectivity index (χ3v) is 4.40. The summed E-state index contributed by atoms with van der Waals surface area (Å²) in [4.78, 5) is 4.15. The molecule has 2 N–H and O–H groups in total. The van der Waals surface area contributed by atoms with E-state index >= 15 is 0 Å². The molecule has 0 aromatic heterocycles. The third kappa shape index (κ3) is 7.19. The molecule has 0 radical (unpaired) electrons. The van der Waals surface area contributed by atoms with Crippen molar-refractivity contribution in [1.29, 1.82) is 0 Å². The number of benzene rings is 2. The fourth-order valence-corrected chi connectivity index (χ4v) is 2.90. The lowest BCUT2D eigenvalue weighted by atomic mass is 10.1. The van der Waals surface area contributed by atoms with Crippen LogP contribution in [0.4, 0.5) is 8.78 Å². The summed E-state index contributed by atoms with van der Waals surface area (Å²) in [6.45, 7) is 0.974. The van der Waals surface area contributed by atoms with Crippen LogP contribution in [-0.2, 0) is 12.8 Å². The Kier molecular flexibility index (Phi) is 11.2. The Bertz CT molecular complexity index is 825. The van der Waals surface area contributed by atoms with Crippen molar-refractivity contribution in [1.82, 2.24) is 10.6 Å². The van der Waals surface area contributed by atoms with Crippen LogP contribution in [0, 0.1) is 11.6 Å². The van der Waals surface area contributed by atoms with Crippen molar-refractivity contribution in [2.45, 2.75) is 12.8 Å². The molecule has 2 rings (SSSR count). The number of ether oxygens (including phenoxy) is 3. The molecule has 0 atom stereocenters. The number of nitrogens with zero attached hydrogens (tertiary/aromatic N) is 1. The lowest BCUT2D eigenvalue weighted by Gasteiger charge is -2.16. The van der Waals surface area contributed by atoms with E-state index < -0.39 is 11.6 Å². The van der Waals surface area contributed by atoms with Gasteiger partial charge in [-0.2, -0.15) is 0 Å². The predicted octanol–water partition coefficient (Wildman–Crippen LogP) is 3.56. The number of hydrogen-bond donors (Lipinski definition) is 2. The van der Waals surface area contributed by atoms with E-state index in [0.29, 0.717) is 54.7 Å². The molecule has 0 aliphatic rings. The Morgan fingerprint density at radius 3 is 2.03 bits per heavy atom. The highest BCUT2D eigenvalue weighted by molar-refractivity contribution is 14.0. The minimum Gasteiger partial charge on any atom is -0.496 e. The molecule has 0 fully saturated rings. The van der Waals surface area contributed by atoms with E-state index in [-0.39, 0.29) is 24.0 Å². The van der Waals surface area contributed by atoms with Gasteiger partial charge in [-0.05, 0) is 36.6 Å². The van der Waals surface area contributed by atoms with E-state index in [9.17, 15) is 8.78 Å². The van der Waals surface area contributed by atoms with Gasteiger partial charge in [-0.3, -0.25) is 4.99 Å². The average Bonchev–Trinajstić information content (AvgIpc) is 2.74. The molecule has 166 valence electrons. The number of guanidine groups is 1. The van der Waals surface area contributed by atoms with E-state index in [1.807, 2.05) is 0 Å². The van der Waals surface area contributed by atoms with Crippen molar-refractivity contribution in [3.8, 4) is 17.2 Å². The summed E-state index contributed by atoms with van der Waals surface area (Å²) in [6.07, 6.45) is 0.958. The number of aliphatic imine (C=N–C) groups is 1. The molecule has 0 amide bonds. The molecule has 2 aromatic rings. The highest BCUT2D eigenvalue weighted by Crippen LogP contribution is 2.34. The van der Waals surface area contributed by atoms with Crippen LogP contribution >= 0.6 is 24.0 Å². The first-order valence-electron chi connectivity index (χ1n) is 9.19. The summed E-state index contributed by atoms with van der Waals surface area (Å²) in [6, 6.07) is 7.05. The van der Waals surface area contributed by atoms with E-state index in [1.165, 1.54) is 6.07 Å². The van der Waals surface area contributed by atoms with Crippen LogP contribution in [0.1, 0.15) is 11.1 Å². The maximum Gasteiger partial charge on any atom is 0.190 e. The maximum absolute atomic E-state index is 13.7. The number of methoxy groups -OCH3 is 3. The first kappa shape index (κ1) is 25.7. The topological polar surface area (TPSA) is 64.1 Å². The molecular weight excluding hydrogens is 507 g/mol. The monoisotopic (exact) mass is 535 g/mol. The summed E-state index contributed by atoms with van der Waals surface area (Å²) in [5, 5.41) is 6.28. The predicted molar refractivity (Wildman–Crippen MR) is 125 cm³/mol.